The number of nitrogens with zero attached hydrogens (tertiary/aromatic N) is 1. The van der Waals surface area contributed by atoms with E-state index >= 15 is 0 Å². The van der Waals surface area contributed by atoms with Crippen LogP contribution in [0.3, 0.4) is 0 Å². The Morgan fingerprint density at radius 1 is 0.917 bits per heavy atom. The van der Waals surface area contributed by atoms with E-state index in [2.05, 4.69) is 0 Å². The molecule has 3 aromatic rings. The van der Waals surface area contributed by atoms with Gasteiger partial charge in [0.25, 0.3) is 11.7 Å². The topological polar surface area (TPSA) is 93.1 Å². The molecule has 1 aliphatic rings. The minimum atomic E-state index is -0.813. The van der Waals surface area contributed by atoms with Crippen LogP contribution in [0.15, 0.2) is 84.4 Å². The van der Waals surface area contributed by atoms with Crippen molar-refractivity contribution in [3.63, 3.8) is 0 Å². The minimum Gasteiger partial charge on any atom is -0.507 e. The van der Waals surface area contributed by atoms with Crippen LogP contribution in [0, 0.1) is 0 Å². The van der Waals surface area contributed by atoms with E-state index in [1.165, 1.54) is 12.0 Å². The molecule has 1 atom stereocenters. The summed E-state index contributed by atoms with van der Waals surface area (Å²) in [7, 11) is 1.30. The van der Waals surface area contributed by atoms with E-state index < -0.39 is 23.7 Å². The third kappa shape index (κ3) is 5.00. The lowest BCUT2D eigenvalue weighted by molar-refractivity contribution is -0.139. The van der Waals surface area contributed by atoms with Crippen LogP contribution in [0.5, 0.6) is 5.75 Å². The van der Waals surface area contributed by atoms with E-state index in [0.29, 0.717) is 35.5 Å². The highest BCUT2D eigenvalue weighted by atomic mass is 16.5. The number of carbonyl (C=O) groups is 3. The van der Waals surface area contributed by atoms with E-state index in [1.54, 1.807) is 48.5 Å². The second-order valence-electron chi connectivity index (χ2n) is 8.30. The van der Waals surface area contributed by atoms with Crippen LogP contribution < -0.4 is 4.74 Å². The van der Waals surface area contributed by atoms with Crippen LogP contribution in [0.25, 0.3) is 5.76 Å². The number of aliphatic hydroxyl groups is 1. The van der Waals surface area contributed by atoms with Crippen LogP contribution in [0.1, 0.15) is 40.0 Å². The largest absolute Gasteiger partial charge is 0.507 e. The van der Waals surface area contributed by atoms with Crippen LogP contribution in [0.2, 0.25) is 0 Å². The van der Waals surface area contributed by atoms with E-state index in [9.17, 15) is 19.5 Å². The predicted molar refractivity (Wildman–Crippen MR) is 135 cm³/mol. The van der Waals surface area contributed by atoms with Gasteiger partial charge in [-0.05, 0) is 60.9 Å². The Hall–Kier alpha value is -4.39. The Morgan fingerprint density at radius 3 is 2.17 bits per heavy atom. The monoisotopic (exact) mass is 485 g/mol. The molecule has 3 aromatic carbocycles. The summed E-state index contributed by atoms with van der Waals surface area (Å²) in [6, 6.07) is 22.0. The molecule has 0 radical (unpaired) electrons. The second-order valence-corrected chi connectivity index (χ2v) is 8.30. The summed E-state index contributed by atoms with van der Waals surface area (Å²) in [6.45, 7) is 2.65. The number of benzene rings is 3. The average Bonchev–Trinajstić information content (AvgIpc) is 3.17. The molecule has 1 aliphatic heterocycles. The van der Waals surface area contributed by atoms with Gasteiger partial charge in [0.15, 0.2) is 0 Å². The van der Waals surface area contributed by atoms with Gasteiger partial charge in [-0.25, -0.2) is 4.79 Å². The summed E-state index contributed by atoms with van der Waals surface area (Å²) < 4.78 is 10.2. The Morgan fingerprint density at radius 2 is 1.56 bits per heavy atom. The van der Waals surface area contributed by atoms with Crippen molar-refractivity contribution in [1.29, 1.82) is 0 Å². The highest BCUT2D eigenvalue weighted by molar-refractivity contribution is 6.46. The molecular weight excluding hydrogens is 458 g/mol. The first kappa shape index (κ1) is 24.7. The number of esters is 1. The number of Topliss-reactive ketones (excluding diaryl/α,β-unsaturated/α-hetero) is 1. The maximum atomic E-state index is 13.2. The maximum absolute atomic E-state index is 13.2. The van der Waals surface area contributed by atoms with Gasteiger partial charge >= 0.3 is 5.97 Å². The molecule has 0 aliphatic carbocycles. The second kappa shape index (κ2) is 10.9. The molecule has 1 N–H and O–H groups in total. The summed E-state index contributed by atoms with van der Waals surface area (Å²) in [5, 5.41) is 11.2. The number of carbonyl (C=O) groups excluding carboxylic acids is 3. The summed E-state index contributed by atoms with van der Waals surface area (Å²) >= 11 is 0. The number of methoxy groups -OCH3 is 1. The fourth-order valence-corrected chi connectivity index (χ4v) is 4.30. The number of amides is 1. The zero-order valence-electron chi connectivity index (χ0n) is 20.1. The van der Waals surface area contributed by atoms with Crippen LogP contribution in [0.4, 0.5) is 0 Å². The smallest absolute Gasteiger partial charge is 0.337 e. The summed E-state index contributed by atoms with van der Waals surface area (Å²) in [4.78, 5) is 39.7. The van der Waals surface area contributed by atoms with Crippen molar-refractivity contribution >= 4 is 23.4 Å². The third-order valence-corrected chi connectivity index (χ3v) is 6.11. The lowest BCUT2D eigenvalue weighted by atomic mass is 9.94. The molecule has 1 saturated heterocycles. The van der Waals surface area contributed by atoms with Gasteiger partial charge in [0, 0.05) is 12.1 Å². The molecule has 0 saturated carbocycles. The Kier molecular flexibility index (Phi) is 7.49. The summed E-state index contributed by atoms with van der Waals surface area (Å²) in [6.07, 6.45) is 0.535. The highest BCUT2D eigenvalue weighted by Gasteiger charge is 2.45. The van der Waals surface area contributed by atoms with Crippen LogP contribution >= 0.6 is 0 Å². The van der Waals surface area contributed by atoms with Crippen LogP contribution in [-0.4, -0.2) is 47.9 Å². The zero-order valence-corrected chi connectivity index (χ0v) is 20.1. The number of hydrogen-bond acceptors (Lipinski definition) is 6. The summed E-state index contributed by atoms with van der Waals surface area (Å²) in [5.41, 5.74) is 2.36. The maximum Gasteiger partial charge on any atom is 0.337 e. The Labute approximate surface area is 209 Å². The first-order valence-electron chi connectivity index (χ1n) is 11.7. The number of ether oxygens (including phenoxy) is 2. The van der Waals surface area contributed by atoms with E-state index in [0.717, 1.165) is 5.56 Å². The standard InChI is InChI=1S/C29H27NO6/c1-3-36-23-15-13-21(14-16-23)26(31)24-25(20-9-11-22(12-10-20)29(34)35-2)30(28(33)27(24)32)18-17-19-7-5-4-6-8-19/h4-16,25,31H,3,17-18H2,1-2H3. The molecule has 36 heavy (non-hydrogen) atoms. The summed E-state index contributed by atoms with van der Waals surface area (Å²) in [5.74, 6) is -1.56. The molecule has 1 unspecified atom stereocenters. The van der Waals surface area contributed by atoms with E-state index in [4.69, 9.17) is 9.47 Å². The average molecular weight is 486 g/mol. The van der Waals surface area contributed by atoms with Crippen molar-refractivity contribution in [3.05, 3.63) is 107 Å². The molecule has 7 heteroatoms. The van der Waals surface area contributed by atoms with E-state index in [1.807, 2.05) is 37.3 Å². The molecule has 4 rings (SSSR count). The van der Waals surface area contributed by atoms with Gasteiger partial charge in [-0.2, -0.15) is 0 Å². The van der Waals surface area contributed by atoms with Gasteiger partial charge in [-0.15, -0.1) is 0 Å². The van der Waals surface area contributed by atoms with Crippen molar-refractivity contribution in [3.8, 4) is 5.75 Å². The van der Waals surface area contributed by atoms with Gasteiger partial charge in [0.2, 0.25) is 0 Å². The van der Waals surface area contributed by atoms with Crippen LogP contribution in [-0.2, 0) is 20.7 Å². The Bertz CT molecular complexity index is 1280. The van der Waals surface area contributed by atoms with Gasteiger partial charge in [-0.1, -0.05) is 42.5 Å². The first-order chi connectivity index (χ1) is 17.4. The van der Waals surface area contributed by atoms with Gasteiger partial charge in [-0.3, -0.25) is 9.59 Å². The number of aliphatic hydroxyl groups excluding tert-OH is 1. The van der Waals surface area contributed by atoms with Crippen molar-refractivity contribution in [1.82, 2.24) is 4.90 Å². The van der Waals surface area contributed by atoms with Gasteiger partial charge < -0.3 is 19.5 Å². The fourth-order valence-electron chi connectivity index (χ4n) is 4.30. The SMILES string of the molecule is CCOc1ccc(C(O)=C2C(=O)C(=O)N(CCc3ccccc3)C2c2ccc(C(=O)OC)cc2)cc1. The molecule has 7 nitrogen and oxygen atoms in total. The van der Waals surface area contributed by atoms with Crippen molar-refractivity contribution in [2.45, 2.75) is 19.4 Å². The van der Waals surface area contributed by atoms with Crippen molar-refractivity contribution < 1.29 is 29.0 Å². The van der Waals surface area contributed by atoms with Crippen molar-refractivity contribution in [2.75, 3.05) is 20.3 Å². The molecular formula is C29H27NO6. The molecule has 184 valence electrons. The molecule has 0 aromatic heterocycles. The van der Waals surface area contributed by atoms with E-state index in [-0.39, 0.29) is 17.9 Å². The zero-order chi connectivity index (χ0) is 25.7. The first-order valence-corrected chi connectivity index (χ1v) is 11.7. The normalized spacial score (nSPS) is 16.7. The quantitative estimate of drug-likeness (QED) is 0.218. The number of ketones is 1. The predicted octanol–water partition coefficient (Wildman–Crippen LogP) is 4.54. The highest BCUT2D eigenvalue weighted by Crippen LogP contribution is 2.39. The van der Waals surface area contributed by atoms with Gasteiger partial charge in [0.1, 0.15) is 11.5 Å². The van der Waals surface area contributed by atoms with Gasteiger partial charge in [0.05, 0.1) is 30.9 Å². The number of rotatable bonds is 8. The lowest BCUT2D eigenvalue weighted by Crippen LogP contribution is -2.31. The third-order valence-electron chi connectivity index (χ3n) is 6.11. The fraction of sp³-hybridized carbons (Fsp3) is 0.207. The van der Waals surface area contributed by atoms with Crippen molar-refractivity contribution in [2.24, 2.45) is 0 Å². The molecule has 0 spiro atoms. The molecule has 1 heterocycles. The number of likely N-dealkylation sites (tertiary alicyclic amines) is 1. The molecule has 1 fully saturated rings. The molecule has 1 amide bonds. The lowest BCUT2D eigenvalue weighted by Gasteiger charge is -2.25. The minimum absolute atomic E-state index is 0.00281. The molecule has 0 bridgehead atoms. The Balaban J connectivity index is 1.76. The number of hydrogen-bond donors (Lipinski definition) is 1.